The third kappa shape index (κ3) is 4.20. The lowest BCUT2D eigenvalue weighted by Crippen LogP contribution is -2.30. The maximum absolute atomic E-state index is 12.6. The molecule has 0 radical (unpaired) electrons. The molecular weight excluding hydrogens is 374 g/mol. The highest BCUT2D eigenvalue weighted by molar-refractivity contribution is 7.10. The summed E-state index contributed by atoms with van der Waals surface area (Å²) >= 11 is 1.18. The van der Waals surface area contributed by atoms with Gasteiger partial charge in [-0.2, -0.15) is 4.37 Å². The van der Waals surface area contributed by atoms with Gasteiger partial charge in [-0.15, -0.1) is 0 Å². The number of hydrogen-bond acceptors (Lipinski definition) is 6. The van der Waals surface area contributed by atoms with E-state index in [9.17, 15) is 9.59 Å². The summed E-state index contributed by atoms with van der Waals surface area (Å²) in [5.74, 6) is -0.974. The van der Waals surface area contributed by atoms with Crippen molar-refractivity contribution in [3.05, 3.63) is 65.9 Å². The van der Waals surface area contributed by atoms with Crippen molar-refractivity contribution >= 4 is 34.1 Å². The summed E-state index contributed by atoms with van der Waals surface area (Å²) in [6, 6.07) is 17.3. The lowest BCUT2D eigenvalue weighted by atomic mass is 10.0. The van der Waals surface area contributed by atoms with E-state index in [1.165, 1.54) is 11.5 Å². The number of nitrogens with one attached hydrogen (secondary N) is 2. The van der Waals surface area contributed by atoms with Crippen molar-refractivity contribution in [2.24, 2.45) is 0 Å². The fourth-order valence-corrected chi connectivity index (χ4v) is 3.48. The van der Waals surface area contributed by atoms with Crippen LogP contribution in [0.1, 0.15) is 23.0 Å². The van der Waals surface area contributed by atoms with Gasteiger partial charge in [0.2, 0.25) is 0 Å². The molecule has 7 heteroatoms. The first-order valence-corrected chi connectivity index (χ1v) is 9.59. The maximum Gasteiger partial charge on any atom is 0.343 e. The molecule has 1 amide bonds. The number of amides is 1. The molecule has 0 bridgehead atoms. The van der Waals surface area contributed by atoms with Gasteiger partial charge in [0.05, 0.1) is 5.69 Å². The summed E-state index contributed by atoms with van der Waals surface area (Å²) < 4.78 is 9.52. The first kappa shape index (κ1) is 19.6. The molecule has 1 aromatic heterocycles. The van der Waals surface area contributed by atoms with Crippen LogP contribution in [-0.2, 0) is 9.53 Å². The smallest absolute Gasteiger partial charge is 0.343 e. The molecule has 2 N–H and O–H groups in total. The maximum atomic E-state index is 12.6. The van der Waals surface area contributed by atoms with E-state index >= 15 is 0 Å². The van der Waals surface area contributed by atoms with E-state index in [4.69, 9.17) is 4.74 Å². The molecule has 1 heterocycles. The van der Waals surface area contributed by atoms with Crippen LogP contribution in [0.25, 0.3) is 11.1 Å². The molecule has 0 saturated carbocycles. The van der Waals surface area contributed by atoms with Crippen LogP contribution >= 0.6 is 11.5 Å². The van der Waals surface area contributed by atoms with Crippen molar-refractivity contribution in [1.82, 2.24) is 4.37 Å². The average Bonchev–Trinajstić information content (AvgIpc) is 3.09. The van der Waals surface area contributed by atoms with Crippen LogP contribution in [-0.4, -0.2) is 29.4 Å². The van der Waals surface area contributed by atoms with Crippen LogP contribution in [0.3, 0.4) is 0 Å². The Morgan fingerprint density at radius 3 is 2.46 bits per heavy atom. The zero-order chi connectivity index (χ0) is 20.1. The highest BCUT2D eigenvalue weighted by atomic mass is 32.1. The number of nitrogens with zero attached hydrogens (tertiary/aromatic N) is 1. The van der Waals surface area contributed by atoms with Gasteiger partial charge in [-0.05, 0) is 37.0 Å². The molecule has 144 valence electrons. The molecule has 3 rings (SSSR count). The van der Waals surface area contributed by atoms with E-state index in [0.29, 0.717) is 21.9 Å². The normalized spacial score (nSPS) is 11.5. The number of anilines is 2. The molecule has 0 aliphatic carbocycles. The minimum absolute atomic E-state index is 0.358. The predicted octanol–water partition coefficient (Wildman–Crippen LogP) is 4.34. The third-order valence-electron chi connectivity index (χ3n) is 4.22. The molecule has 0 fully saturated rings. The molecule has 0 saturated heterocycles. The minimum atomic E-state index is -0.958. The summed E-state index contributed by atoms with van der Waals surface area (Å²) in [7, 11) is 1.71. The summed E-state index contributed by atoms with van der Waals surface area (Å²) in [6.45, 7) is 3.28. The number of carbonyl (C=O) groups excluding carboxylic acids is 2. The summed E-state index contributed by atoms with van der Waals surface area (Å²) in [4.78, 5) is 25.1. The third-order valence-corrected chi connectivity index (χ3v) is 5.17. The molecule has 0 spiro atoms. The zero-order valence-electron chi connectivity index (χ0n) is 15.9. The second-order valence-electron chi connectivity index (χ2n) is 6.17. The second-order valence-corrected chi connectivity index (χ2v) is 6.94. The Bertz CT molecular complexity index is 986. The molecule has 2 aromatic carbocycles. The Labute approximate surface area is 167 Å². The van der Waals surface area contributed by atoms with E-state index in [-0.39, 0.29) is 0 Å². The van der Waals surface area contributed by atoms with Gasteiger partial charge in [0.25, 0.3) is 5.91 Å². The van der Waals surface area contributed by atoms with Crippen LogP contribution in [0.15, 0.2) is 54.6 Å². The van der Waals surface area contributed by atoms with Crippen molar-refractivity contribution in [3.8, 4) is 11.1 Å². The SMILES string of the molecule is CNc1snc(C)c1C(=O)O[C@H](C)C(=O)Nc1ccccc1-c1ccccc1. The fraction of sp³-hybridized carbons (Fsp3) is 0.190. The number of aryl methyl sites for hydroxylation is 1. The van der Waals surface area contributed by atoms with Crippen molar-refractivity contribution < 1.29 is 14.3 Å². The van der Waals surface area contributed by atoms with Gasteiger partial charge in [-0.3, -0.25) is 4.79 Å². The van der Waals surface area contributed by atoms with Crippen LogP contribution in [0, 0.1) is 6.92 Å². The monoisotopic (exact) mass is 395 g/mol. The fourth-order valence-electron chi connectivity index (χ4n) is 2.75. The van der Waals surface area contributed by atoms with Gasteiger partial charge in [-0.1, -0.05) is 48.5 Å². The van der Waals surface area contributed by atoms with E-state index in [0.717, 1.165) is 11.1 Å². The van der Waals surface area contributed by atoms with Gasteiger partial charge in [0, 0.05) is 18.3 Å². The van der Waals surface area contributed by atoms with Crippen LogP contribution in [0.4, 0.5) is 10.7 Å². The van der Waals surface area contributed by atoms with Gasteiger partial charge in [0.15, 0.2) is 6.10 Å². The first-order chi connectivity index (χ1) is 13.5. The zero-order valence-corrected chi connectivity index (χ0v) is 16.7. The summed E-state index contributed by atoms with van der Waals surface area (Å²) in [5.41, 5.74) is 3.47. The first-order valence-electron chi connectivity index (χ1n) is 8.81. The Balaban J connectivity index is 1.73. The van der Waals surface area contributed by atoms with Crippen molar-refractivity contribution in [2.75, 3.05) is 17.7 Å². The van der Waals surface area contributed by atoms with Crippen LogP contribution < -0.4 is 10.6 Å². The number of carbonyl (C=O) groups is 2. The summed E-state index contributed by atoms with van der Waals surface area (Å²) in [5, 5.41) is 6.39. The average molecular weight is 395 g/mol. The molecule has 0 aliphatic rings. The Kier molecular flexibility index (Phi) is 6.06. The Morgan fingerprint density at radius 1 is 1.07 bits per heavy atom. The topological polar surface area (TPSA) is 80.3 Å². The highest BCUT2D eigenvalue weighted by Gasteiger charge is 2.24. The van der Waals surface area contributed by atoms with E-state index in [2.05, 4.69) is 15.0 Å². The van der Waals surface area contributed by atoms with Crippen LogP contribution in [0.5, 0.6) is 0 Å². The van der Waals surface area contributed by atoms with E-state index in [1.54, 1.807) is 20.9 Å². The number of benzene rings is 2. The molecular formula is C21H21N3O3S. The number of rotatable bonds is 6. The number of aromatic nitrogens is 1. The number of hydrogen-bond donors (Lipinski definition) is 2. The molecule has 28 heavy (non-hydrogen) atoms. The van der Waals surface area contributed by atoms with E-state index < -0.39 is 18.0 Å². The largest absolute Gasteiger partial charge is 0.449 e. The lowest BCUT2D eigenvalue weighted by Gasteiger charge is -2.16. The minimum Gasteiger partial charge on any atom is -0.449 e. The van der Waals surface area contributed by atoms with Crippen molar-refractivity contribution in [3.63, 3.8) is 0 Å². The molecule has 0 unspecified atom stereocenters. The second kappa shape index (κ2) is 8.67. The number of ether oxygens (including phenoxy) is 1. The molecule has 0 aliphatic heterocycles. The van der Waals surface area contributed by atoms with Gasteiger partial charge in [-0.25, -0.2) is 4.79 Å². The molecule has 6 nitrogen and oxygen atoms in total. The lowest BCUT2D eigenvalue weighted by molar-refractivity contribution is -0.123. The standard InChI is InChI=1S/C21H21N3O3S/c1-13-18(20(22-3)28-24-13)21(26)27-14(2)19(25)23-17-12-8-7-11-16(17)15-9-5-4-6-10-15/h4-12,14,22H,1-3H3,(H,23,25)/t14-/m1/s1. The van der Waals surface area contributed by atoms with Gasteiger partial charge in [0.1, 0.15) is 10.6 Å². The molecule has 3 aromatic rings. The van der Waals surface area contributed by atoms with Crippen molar-refractivity contribution in [1.29, 1.82) is 0 Å². The van der Waals surface area contributed by atoms with E-state index in [1.807, 2.05) is 54.6 Å². The van der Waals surface area contributed by atoms with Crippen molar-refractivity contribution in [2.45, 2.75) is 20.0 Å². The number of esters is 1. The summed E-state index contributed by atoms with van der Waals surface area (Å²) in [6.07, 6.45) is -0.958. The Morgan fingerprint density at radius 2 is 1.75 bits per heavy atom. The Hall–Kier alpha value is -3.19. The number of para-hydroxylation sites is 1. The highest BCUT2D eigenvalue weighted by Crippen LogP contribution is 2.28. The van der Waals surface area contributed by atoms with Gasteiger partial charge < -0.3 is 15.4 Å². The quantitative estimate of drug-likeness (QED) is 0.607. The predicted molar refractivity (Wildman–Crippen MR) is 112 cm³/mol. The van der Waals surface area contributed by atoms with Gasteiger partial charge >= 0.3 is 5.97 Å². The molecule has 1 atom stereocenters. The van der Waals surface area contributed by atoms with Crippen LogP contribution in [0.2, 0.25) is 0 Å².